The number of ether oxygens (including phenoxy) is 2. The van der Waals surface area contributed by atoms with Gasteiger partial charge in [-0.3, -0.25) is 4.79 Å². The molecule has 1 aromatic carbocycles. The highest BCUT2D eigenvalue weighted by atomic mass is 16.5. The Bertz CT molecular complexity index is 472. The van der Waals surface area contributed by atoms with E-state index in [0.29, 0.717) is 11.5 Å². The maximum atomic E-state index is 11.7. The molecule has 2 rings (SSSR count). The first kappa shape index (κ1) is 15.5. The van der Waals surface area contributed by atoms with Gasteiger partial charge in [-0.15, -0.1) is 0 Å². The van der Waals surface area contributed by atoms with Crippen LogP contribution in [0, 0.1) is 5.92 Å². The molecular weight excluding hydrogens is 268 g/mol. The summed E-state index contributed by atoms with van der Waals surface area (Å²) in [4.78, 5) is 23.1. The number of rotatable bonds is 6. The monoisotopic (exact) mass is 290 g/mol. The van der Waals surface area contributed by atoms with Crippen molar-refractivity contribution in [3.63, 3.8) is 0 Å². The fourth-order valence-corrected chi connectivity index (χ4v) is 2.58. The maximum absolute atomic E-state index is 11.7. The van der Waals surface area contributed by atoms with Crippen LogP contribution < -0.4 is 4.74 Å². The highest BCUT2D eigenvalue weighted by molar-refractivity contribution is 6.40. The lowest BCUT2D eigenvalue weighted by atomic mass is 9.90. The molecule has 21 heavy (non-hydrogen) atoms. The first-order chi connectivity index (χ1) is 10.2. The molecule has 1 saturated carbocycles. The molecule has 4 nitrogen and oxygen atoms in total. The first-order valence-corrected chi connectivity index (χ1v) is 7.65. The van der Waals surface area contributed by atoms with Crippen LogP contribution in [0.4, 0.5) is 0 Å². The van der Waals surface area contributed by atoms with E-state index in [9.17, 15) is 9.59 Å². The minimum atomic E-state index is -0.812. The summed E-state index contributed by atoms with van der Waals surface area (Å²) in [5.74, 6) is -0.0513. The third-order valence-corrected chi connectivity index (χ3v) is 3.79. The number of hydrogen-bond donors (Lipinski definition) is 0. The van der Waals surface area contributed by atoms with Crippen molar-refractivity contribution >= 4 is 11.8 Å². The van der Waals surface area contributed by atoms with Crippen molar-refractivity contribution in [1.82, 2.24) is 0 Å². The van der Waals surface area contributed by atoms with E-state index in [0.717, 1.165) is 12.4 Å². The van der Waals surface area contributed by atoms with E-state index in [1.165, 1.54) is 32.1 Å². The summed E-state index contributed by atoms with van der Waals surface area (Å²) in [6, 6.07) is 6.68. The largest absolute Gasteiger partial charge is 0.493 e. The molecular formula is C17H22O4. The van der Waals surface area contributed by atoms with Crippen LogP contribution in [-0.4, -0.2) is 25.0 Å². The lowest BCUT2D eigenvalue weighted by Crippen LogP contribution is -2.17. The van der Waals surface area contributed by atoms with E-state index < -0.39 is 11.8 Å². The Morgan fingerprint density at radius 1 is 1.10 bits per heavy atom. The van der Waals surface area contributed by atoms with Crippen LogP contribution in [-0.2, 0) is 9.53 Å². The predicted molar refractivity (Wildman–Crippen MR) is 79.5 cm³/mol. The van der Waals surface area contributed by atoms with Gasteiger partial charge in [-0.2, -0.15) is 0 Å². The fourth-order valence-electron chi connectivity index (χ4n) is 2.58. The zero-order chi connectivity index (χ0) is 15.1. The molecule has 0 unspecified atom stereocenters. The standard InChI is InChI=1S/C17H22O4/c1-2-20-17(19)16(18)14-8-10-15(11-9-14)21-12-13-6-4-3-5-7-13/h8-11,13H,2-7,12H2,1H3. The molecule has 0 atom stereocenters. The molecule has 0 spiro atoms. The Morgan fingerprint density at radius 2 is 1.76 bits per heavy atom. The molecule has 0 amide bonds. The highest BCUT2D eigenvalue weighted by Gasteiger charge is 2.17. The van der Waals surface area contributed by atoms with Crippen molar-refractivity contribution in [1.29, 1.82) is 0 Å². The van der Waals surface area contributed by atoms with Gasteiger partial charge in [0.25, 0.3) is 5.78 Å². The zero-order valence-corrected chi connectivity index (χ0v) is 12.5. The zero-order valence-electron chi connectivity index (χ0n) is 12.5. The topological polar surface area (TPSA) is 52.6 Å². The molecule has 0 bridgehead atoms. The van der Waals surface area contributed by atoms with E-state index in [1.807, 2.05) is 0 Å². The first-order valence-electron chi connectivity index (χ1n) is 7.65. The van der Waals surface area contributed by atoms with E-state index in [2.05, 4.69) is 0 Å². The number of hydrogen-bond acceptors (Lipinski definition) is 4. The SMILES string of the molecule is CCOC(=O)C(=O)c1ccc(OCC2CCCCC2)cc1. The smallest absolute Gasteiger partial charge is 0.379 e. The summed E-state index contributed by atoms with van der Waals surface area (Å²) < 4.78 is 10.5. The second kappa shape index (κ2) is 7.81. The third-order valence-electron chi connectivity index (χ3n) is 3.79. The normalized spacial score (nSPS) is 15.5. The van der Waals surface area contributed by atoms with Gasteiger partial charge in [0.1, 0.15) is 5.75 Å². The van der Waals surface area contributed by atoms with Crippen molar-refractivity contribution in [2.45, 2.75) is 39.0 Å². The van der Waals surface area contributed by atoms with Crippen molar-refractivity contribution in [2.75, 3.05) is 13.2 Å². The van der Waals surface area contributed by atoms with Crippen LogP contribution in [0.1, 0.15) is 49.4 Å². The molecule has 0 radical (unpaired) electrons. The maximum Gasteiger partial charge on any atom is 0.379 e. The Morgan fingerprint density at radius 3 is 2.38 bits per heavy atom. The van der Waals surface area contributed by atoms with Gasteiger partial charge in [-0.25, -0.2) is 4.79 Å². The van der Waals surface area contributed by atoms with Crippen LogP contribution >= 0.6 is 0 Å². The molecule has 1 fully saturated rings. The van der Waals surface area contributed by atoms with Gasteiger partial charge in [-0.05, 0) is 49.9 Å². The Kier molecular flexibility index (Phi) is 5.78. The molecule has 1 aliphatic carbocycles. The second-order valence-electron chi connectivity index (χ2n) is 5.39. The second-order valence-corrected chi connectivity index (χ2v) is 5.39. The summed E-state index contributed by atoms with van der Waals surface area (Å²) in [7, 11) is 0. The third kappa shape index (κ3) is 4.59. The summed E-state index contributed by atoms with van der Waals surface area (Å²) in [5.41, 5.74) is 0.332. The predicted octanol–water partition coefficient (Wildman–Crippen LogP) is 3.39. The van der Waals surface area contributed by atoms with E-state index in [-0.39, 0.29) is 6.61 Å². The molecule has 114 valence electrons. The summed E-state index contributed by atoms with van der Waals surface area (Å²) in [6.07, 6.45) is 6.39. The fraction of sp³-hybridized carbons (Fsp3) is 0.529. The van der Waals surface area contributed by atoms with Gasteiger partial charge < -0.3 is 9.47 Å². The van der Waals surface area contributed by atoms with E-state index in [1.54, 1.807) is 31.2 Å². The molecule has 1 aromatic rings. The summed E-state index contributed by atoms with van der Waals surface area (Å²) >= 11 is 0. The Hall–Kier alpha value is -1.84. The molecule has 4 heteroatoms. The number of carbonyl (C=O) groups excluding carboxylic acids is 2. The molecule has 0 heterocycles. The van der Waals surface area contributed by atoms with Gasteiger partial charge >= 0.3 is 5.97 Å². The quantitative estimate of drug-likeness (QED) is 0.458. The molecule has 0 N–H and O–H groups in total. The van der Waals surface area contributed by atoms with Crippen molar-refractivity contribution < 1.29 is 19.1 Å². The van der Waals surface area contributed by atoms with Crippen molar-refractivity contribution in [3.05, 3.63) is 29.8 Å². The van der Waals surface area contributed by atoms with Crippen LogP contribution in [0.25, 0.3) is 0 Å². The molecule has 0 aliphatic heterocycles. The van der Waals surface area contributed by atoms with Gasteiger partial charge in [0, 0.05) is 5.56 Å². The van der Waals surface area contributed by atoms with Gasteiger partial charge in [0.15, 0.2) is 0 Å². The lowest BCUT2D eigenvalue weighted by molar-refractivity contribution is -0.137. The highest BCUT2D eigenvalue weighted by Crippen LogP contribution is 2.24. The van der Waals surface area contributed by atoms with E-state index >= 15 is 0 Å². The van der Waals surface area contributed by atoms with Crippen molar-refractivity contribution in [2.24, 2.45) is 5.92 Å². The van der Waals surface area contributed by atoms with Crippen LogP contribution in [0.5, 0.6) is 5.75 Å². The molecule has 0 saturated heterocycles. The number of carbonyl (C=O) groups is 2. The van der Waals surface area contributed by atoms with Gasteiger partial charge in [0.05, 0.1) is 13.2 Å². The number of esters is 1. The number of Topliss-reactive ketones (excluding diaryl/α,β-unsaturated/α-hetero) is 1. The van der Waals surface area contributed by atoms with Crippen LogP contribution in [0.15, 0.2) is 24.3 Å². The van der Waals surface area contributed by atoms with Crippen molar-refractivity contribution in [3.8, 4) is 5.75 Å². The minimum Gasteiger partial charge on any atom is -0.493 e. The molecule has 1 aliphatic rings. The van der Waals surface area contributed by atoms with Gasteiger partial charge in [0.2, 0.25) is 0 Å². The Balaban J connectivity index is 1.86. The summed E-state index contributed by atoms with van der Waals surface area (Å²) in [6.45, 7) is 2.60. The Labute approximate surface area is 125 Å². The average molecular weight is 290 g/mol. The number of benzene rings is 1. The summed E-state index contributed by atoms with van der Waals surface area (Å²) in [5, 5.41) is 0. The average Bonchev–Trinajstić information content (AvgIpc) is 2.54. The molecule has 0 aromatic heterocycles. The number of ketones is 1. The van der Waals surface area contributed by atoms with Crippen LogP contribution in [0.2, 0.25) is 0 Å². The van der Waals surface area contributed by atoms with Crippen LogP contribution in [0.3, 0.4) is 0 Å². The van der Waals surface area contributed by atoms with E-state index in [4.69, 9.17) is 9.47 Å². The lowest BCUT2D eigenvalue weighted by Gasteiger charge is -2.21. The minimum absolute atomic E-state index is 0.202. The van der Waals surface area contributed by atoms with Gasteiger partial charge in [-0.1, -0.05) is 19.3 Å².